The Labute approximate surface area is 262 Å². The molecule has 2 N–H and O–H groups in total. The molecule has 2 aromatic carbocycles. The van der Waals surface area contributed by atoms with Gasteiger partial charge in [-0.1, -0.05) is 26.5 Å². The largest absolute Gasteiger partial charge is 0.398 e. The van der Waals surface area contributed by atoms with Crippen LogP contribution in [0.5, 0.6) is 0 Å². The second-order valence-corrected chi connectivity index (χ2v) is 12.0. The predicted octanol–water partition coefficient (Wildman–Crippen LogP) is 5.07. The van der Waals surface area contributed by atoms with E-state index in [0.717, 1.165) is 16.7 Å². The minimum atomic E-state index is -0.913. The van der Waals surface area contributed by atoms with Crippen molar-refractivity contribution in [3.63, 3.8) is 0 Å². The Morgan fingerprint density at radius 2 is 1.80 bits per heavy atom. The minimum Gasteiger partial charge on any atom is -0.398 e. The van der Waals surface area contributed by atoms with Crippen LogP contribution in [0.15, 0.2) is 54.1 Å². The number of imidazole rings is 1. The highest BCUT2D eigenvalue weighted by Crippen LogP contribution is 2.38. The second-order valence-electron chi connectivity index (χ2n) is 12.0. The van der Waals surface area contributed by atoms with Crippen LogP contribution in [0.25, 0.3) is 39.0 Å². The molecule has 0 bridgehead atoms. The molecule has 46 heavy (non-hydrogen) atoms. The predicted molar refractivity (Wildman–Crippen MR) is 171 cm³/mol. The molecule has 1 saturated heterocycles. The Balaban J connectivity index is 1.71. The first-order valence-corrected chi connectivity index (χ1v) is 14.8. The molecule has 13 heteroatoms. The van der Waals surface area contributed by atoms with Gasteiger partial charge in [0.25, 0.3) is 0 Å². The van der Waals surface area contributed by atoms with E-state index in [0.29, 0.717) is 16.6 Å². The summed E-state index contributed by atoms with van der Waals surface area (Å²) < 4.78 is 50.2. The Bertz CT molecular complexity index is 2100. The fraction of sp³-hybridized carbons (Fsp3) is 0.303. The summed E-state index contributed by atoms with van der Waals surface area (Å²) >= 11 is 0. The van der Waals surface area contributed by atoms with Crippen LogP contribution < -0.4 is 16.3 Å². The Kier molecular flexibility index (Phi) is 7.57. The summed E-state index contributed by atoms with van der Waals surface area (Å²) in [5.41, 5.74) is 5.54. The number of fused-ring (bicyclic) bond motifs is 2. The van der Waals surface area contributed by atoms with Gasteiger partial charge in [0, 0.05) is 49.5 Å². The molecule has 0 unspecified atom stereocenters. The lowest BCUT2D eigenvalue weighted by atomic mass is 9.98. The van der Waals surface area contributed by atoms with Crippen molar-refractivity contribution in [2.24, 2.45) is 7.05 Å². The smallest absolute Gasteiger partial charge is 0.355 e. The number of hydrogen-bond acceptors (Lipinski definition) is 7. The normalized spacial score (nSPS) is 17.0. The van der Waals surface area contributed by atoms with Crippen LogP contribution in [-0.2, 0) is 11.8 Å². The number of nitrogen functional groups attached to an aromatic ring is 1. The van der Waals surface area contributed by atoms with Crippen LogP contribution in [0.4, 0.5) is 24.7 Å². The van der Waals surface area contributed by atoms with E-state index >= 15 is 13.2 Å². The third-order valence-corrected chi connectivity index (χ3v) is 8.58. The van der Waals surface area contributed by atoms with E-state index < -0.39 is 28.8 Å². The molecule has 1 fully saturated rings. The van der Waals surface area contributed by atoms with Gasteiger partial charge in [-0.05, 0) is 44.0 Å². The lowest BCUT2D eigenvalue weighted by molar-refractivity contribution is -0.128. The number of nitrogens with two attached hydrogens (primary N) is 1. The number of rotatable bonds is 5. The van der Waals surface area contributed by atoms with Gasteiger partial charge in [-0.3, -0.25) is 4.79 Å². The van der Waals surface area contributed by atoms with Gasteiger partial charge in [-0.15, -0.1) is 0 Å². The van der Waals surface area contributed by atoms with Gasteiger partial charge < -0.3 is 20.1 Å². The quantitative estimate of drug-likeness (QED) is 0.213. The van der Waals surface area contributed by atoms with Gasteiger partial charge in [0.15, 0.2) is 11.5 Å². The maximum Gasteiger partial charge on any atom is 0.355 e. The molecular weight excluding hydrogens is 597 g/mol. The number of benzene rings is 2. The Morgan fingerprint density at radius 3 is 2.48 bits per heavy atom. The minimum absolute atomic E-state index is 0.0664. The lowest BCUT2D eigenvalue weighted by Gasteiger charge is -2.44. The summed E-state index contributed by atoms with van der Waals surface area (Å²) in [4.78, 5) is 43.5. The SMILES string of the molecule is C=CC(=O)N1C[C@H](C)N(c2nc(=O)n(-c3c(F)cc4c(ncn4C)c3C(C)C)c3nc(-c4c(N)cccc4F)c(F)cc23)C[C@H]1C. The van der Waals surface area contributed by atoms with E-state index in [1.165, 1.54) is 24.3 Å². The van der Waals surface area contributed by atoms with Crippen molar-refractivity contribution < 1.29 is 18.0 Å². The molecule has 4 heterocycles. The number of piperazine rings is 1. The molecule has 1 aliphatic heterocycles. The number of halogens is 3. The molecule has 0 spiro atoms. The molecule has 238 valence electrons. The monoisotopic (exact) mass is 630 g/mol. The number of pyridine rings is 1. The molecule has 0 radical (unpaired) electrons. The van der Waals surface area contributed by atoms with E-state index in [4.69, 9.17) is 5.73 Å². The van der Waals surface area contributed by atoms with Crippen molar-refractivity contribution in [3.05, 3.63) is 82.8 Å². The van der Waals surface area contributed by atoms with Crippen LogP contribution in [0.3, 0.4) is 0 Å². The zero-order valence-corrected chi connectivity index (χ0v) is 26.1. The third kappa shape index (κ3) is 4.77. The summed E-state index contributed by atoms with van der Waals surface area (Å²) in [6, 6.07) is 5.64. The van der Waals surface area contributed by atoms with Gasteiger partial charge in [0.05, 0.1) is 34.0 Å². The average molecular weight is 631 g/mol. The molecule has 0 aliphatic carbocycles. The number of aromatic nitrogens is 5. The van der Waals surface area contributed by atoms with E-state index in [1.807, 2.05) is 27.7 Å². The first-order valence-electron chi connectivity index (χ1n) is 14.8. The standard InChI is InChI=1S/C33H33F3N8O2/c1-7-25(45)42-13-18(5)43(14-17(42)4)31-19-11-21(35)28(27-20(34)9-8-10-23(27)37)39-32(19)44(33(46)40-31)30-22(36)12-24-29(26(30)16(2)3)38-15-41(24)6/h7-12,15-18H,1,13-14,37H2,2-6H3/t17-,18+/m1/s1. The number of anilines is 2. The molecule has 3 aromatic heterocycles. The third-order valence-electron chi connectivity index (χ3n) is 8.58. The lowest BCUT2D eigenvalue weighted by Crippen LogP contribution is -2.58. The molecule has 6 rings (SSSR count). The van der Waals surface area contributed by atoms with E-state index in [9.17, 15) is 9.59 Å². The summed E-state index contributed by atoms with van der Waals surface area (Å²) in [6.45, 7) is 11.5. The van der Waals surface area contributed by atoms with Crippen molar-refractivity contribution in [2.75, 3.05) is 23.7 Å². The summed E-state index contributed by atoms with van der Waals surface area (Å²) in [6.07, 6.45) is 2.79. The van der Waals surface area contributed by atoms with Crippen LogP contribution in [0, 0.1) is 17.5 Å². The van der Waals surface area contributed by atoms with Crippen molar-refractivity contribution in [2.45, 2.75) is 45.7 Å². The first-order chi connectivity index (χ1) is 21.8. The Hall–Kier alpha value is -5.20. The summed E-state index contributed by atoms with van der Waals surface area (Å²) in [7, 11) is 1.73. The topological polar surface area (TPSA) is 115 Å². The van der Waals surface area contributed by atoms with E-state index in [2.05, 4.69) is 21.5 Å². The van der Waals surface area contributed by atoms with Crippen LogP contribution in [0.2, 0.25) is 0 Å². The van der Waals surface area contributed by atoms with Crippen molar-refractivity contribution >= 4 is 39.5 Å². The van der Waals surface area contributed by atoms with E-state index in [1.54, 1.807) is 27.7 Å². The molecule has 1 amide bonds. The second kappa shape index (κ2) is 11.3. The van der Waals surface area contributed by atoms with Crippen molar-refractivity contribution in [1.29, 1.82) is 0 Å². The summed E-state index contributed by atoms with van der Waals surface area (Å²) in [5.74, 6) is -2.93. The fourth-order valence-corrected chi connectivity index (χ4v) is 6.36. The zero-order valence-electron chi connectivity index (χ0n) is 26.1. The number of amides is 1. The molecule has 10 nitrogen and oxygen atoms in total. The van der Waals surface area contributed by atoms with Gasteiger partial charge in [0.2, 0.25) is 5.91 Å². The van der Waals surface area contributed by atoms with Crippen LogP contribution >= 0.6 is 0 Å². The van der Waals surface area contributed by atoms with Crippen molar-refractivity contribution in [3.8, 4) is 16.9 Å². The average Bonchev–Trinajstić information content (AvgIpc) is 3.36. The maximum absolute atomic E-state index is 16.3. The fourth-order valence-electron chi connectivity index (χ4n) is 6.36. The Morgan fingerprint density at radius 1 is 1.07 bits per heavy atom. The number of hydrogen-bond donors (Lipinski definition) is 1. The van der Waals surface area contributed by atoms with Gasteiger partial charge in [0.1, 0.15) is 23.1 Å². The molecule has 5 aromatic rings. The first kappa shape index (κ1) is 30.8. The molecule has 1 aliphatic rings. The number of carbonyl (C=O) groups is 1. The molecular formula is C33H33F3N8O2. The highest BCUT2D eigenvalue weighted by Gasteiger charge is 2.34. The molecule has 0 saturated carbocycles. The van der Waals surface area contributed by atoms with Gasteiger partial charge >= 0.3 is 5.69 Å². The molecule has 2 atom stereocenters. The highest BCUT2D eigenvalue weighted by atomic mass is 19.1. The van der Waals surface area contributed by atoms with Crippen LogP contribution in [-0.4, -0.2) is 60.1 Å². The highest BCUT2D eigenvalue weighted by molar-refractivity contribution is 5.93. The van der Waals surface area contributed by atoms with Gasteiger partial charge in [-0.2, -0.15) is 4.98 Å². The van der Waals surface area contributed by atoms with E-state index in [-0.39, 0.29) is 70.8 Å². The summed E-state index contributed by atoms with van der Waals surface area (Å²) in [5, 5.41) is 0.0912. The maximum atomic E-state index is 16.3. The number of carbonyl (C=O) groups excluding carboxylic acids is 1. The van der Waals surface area contributed by atoms with Crippen LogP contribution in [0.1, 0.15) is 39.2 Å². The zero-order chi connectivity index (χ0) is 33.2. The van der Waals surface area contributed by atoms with Crippen molar-refractivity contribution in [1.82, 2.24) is 29.0 Å². The number of nitrogens with zero attached hydrogens (tertiary/aromatic N) is 7. The number of aryl methyl sites for hydroxylation is 1. The van der Waals surface area contributed by atoms with Gasteiger partial charge in [-0.25, -0.2) is 32.5 Å².